The van der Waals surface area contributed by atoms with Gasteiger partial charge in [-0.25, -0.2) is 4.79 Å². The second kappa shape index (κ2) is 36.6. The number of carboxylic acid groups (broad SMARTS) is 1. The van der Waals surface area contributed by atoms with Gasteiger partial charge in [-0.1, -0.05) is 0 Å². The average Bonchev–Trinajstić information content (AvgIpc) is 0.948. The number of ether oxygens (including phenoxy) is 4. The highest BCUT2D eigenvalue weighted by Crippen LogP contribution is 2.28. The van der Waals surface area contributed by atoms with Gasteiger partial charge in [0, 0.05) is 48.9 Å². The smallest absolute Gasteiger partial charge is 0.341 e. The van der Waals surface area contributed by atoms with Crippen molar-refractivity contribution in [3.8, 4) is 23.0 Å². The van der Waals surface area contributed by atoms with Crippen LogP contribution in [0.2, 0.25) is 0 Å². The third-order valence-corrected chi connectivity index (χ3v) is 13.2. The summed E-state index contributed by atoms with van der Waals surface area (Å²) in [5.74, 6) is -9.09. The second-order valence-electron chi connectivity index (χ2n) is 20.1. The fourth-order valence-corrected chi connectivity index (χ4v) is 8.66. The van der Waals surface area contributed by atoms with Crippen LogP contribution in [0.1, 0.15) is 92.8 Å². The van der Waals surface area contributed by atoms with Gasteiger partial charge in [0.15, 0.2) is 30.4 Å². The number of anilines is 4. The zero-order chi connectivity index (χ0) is 68.0. The standard InChI is InChI=1S/C57H79N21O14/c1-89-41-16-12-30(72-50(85)37(58)8-4-20-68-54(60)61)25-34(41)47(82)77-39(10-6-22-70-56(64)65)52(87)74-32-14-18-43(91-3)36(27-32)49(84)78-40(11-7-23-71-57(66)67)53(88)75-31-13-17-42(90-2)35(26-31)48(83)76-38(9-5-21-69-55(62)63)51(86)73-29-15-19-44(92-28-45(79)80)33(24-29)46(59)81/h12-19,24-27,37-40H,4-11,20-23,28,58H2,1-3H3,(H2,59,81)(H,72,85)(H,73,86)(H,74,87)(H,75,88)(H,76,83)(H,77,82)(H,78,84)(H,79,80)(H4,60,61,68)(H4,62,63,69)(H4,64,65,70)(H4,66,67,71). The van der Waals surface area contributed by atoms with E-state index in [0.29, 0.717) is 13.0 Å². The number of methoxy groups -OCH3 is 3. The molecule has 0 saturated heterocycles. The van der Waals surface area contributed by atoms with Gasteiger partial charge in [0.1, 0.15) is 41.1 Å². The van der Waals surface area contributed by atoms with Gasteiger partial charge in [-0.3, -0.25) is 60.0 Å². The van der Waals surface area contributed by atoms with Gasteiger partial charge in [0.05, 0.1) is 49.6 Å². The summed E-state index contributed by atoms with van der Waals surface area (Å²) >= 11 is 0. The van der Waals surface area contributed by atoms with Crippen LogP contribution in [-0.4, -0.2) is 160 Å². The van der Waals surface area contributed by atoms with E-state index in [4.69, 9.17) is 80.1 Å². The molecule has 4 aromatic rings. The number of guanidine groups is 4. The quantitative estimate of drug-likeness (QED) is 0.0143. The molecule has 92 heavy (non-hydrogen) atoms. The molecule has 0 fully saturated rings. The number of hydrogen-bond acceptors (Lipinski definition) is 18. The molecule has 0 bridgehead atoms. The summed E-state index contributed by atoms with van der Waals surface area (Å²) < 4.78 is 21.6. The molecule has 4 atom stereocenters. The van der Waals surface area contributed by atoms with Crippen molar-refractivity contribution in [3.63, 3.8) is 0 Å². The predicted octanol–water partition coefficient (Wildman–Crippen LogP) is -1.20. The van der Waals surface area contributed by atoms with E-state index in [0.717, 1.165) is 6.07 Å². The lowest BCUT2D eigenvalue weighted by molar-refractivity contribution is -0.139. The number of nitrogens with one attached hydrogen (secondary N) is 15. The largest absolute Gasteiger partial charge is 0.496 e. The van der Waals surface area contributed by atoms with E-state index in [1.807, 2.05) is 0 Å². The Morgan fingerprint density at radius 1 is 0.424 bits per heavy atom. The number of amides is 8. The molecular weight excluding hydrogens is 1200 g/mol. The minimum Gasteiger partial charge on any atom is -0.496 e. The lowest BCUT2D eigenvalue weighted by Gasteiger charge is -2.22. The number of aliphatic carboxylic acids is 1. The highest BCUT2D eigenvalue weighted by molar-refractivity contribution is 6.08. The maximum Gasteiger partial charge on any atom is 0.341 e. The summed E-state index contributed by atoms with van der Waals surface area (Å²) in [6, 6.07) is 11.1. The van der Waals surface area contributed by atoms with Crippen LogP contribution in [0, 0.1) is 21.6 Å². The molecule has 0 spiro atoms. The van der Waals surface area contributed by atoms with Gasteiger partial charge in [0.25, 0.3) is 23.6 Å². The van der Waals surface area contributed by atoms with E-state index in [1.165, 1.54) is 88.1 Å². The van der Waals surface area contributed by atoms with Gasteiger partial charge in [-0.2, -0.15) is 0 Å². The number of carbonyl (C=O) groups is 9. The van der Waals surface area contributed by atoms with Crippen LogP contribution in [0.4, 0.5) is 22.7 Å². The minimum absolute atomic E-state index is 0.00179. The zero-order valence-corrected chi connectivity index (χ0v) is 50.6. The third kappa shape index (κ3) is 24.1. The Morgan fingerprint density at radius 2 is 0.707 bits per heavy atom. The van der Waals surface area contributed by atoms with E-state index in [1.54, 1.807) is 0 Å². The van der Waals surface area contributed by atoms with Crippen LogP contribution in [0.3, 0.4) is 0 Å². The minimum atomic E-state index is -1.35. The van der Waals surface area contributed by atoms with E-state index in [2.05, 4.69) is 58.5 Å². The second-order valence-corrected chi connectivity index (χ2v) is 20.1. The first-order chi connectivity index (χ1) is 43.7. The molecular formula is C57H79N21O14. The number of benzene rings is 4. The molecule has 35 nitrogen and oxygen atoms in total. The molecule has 4 rings (SSSR count). The monoisotopic (exact) mass is 1280 g/mol. The van der Waals surface area contributed by atoms with E-state index >= 15 is 0 Å². The first kappa shape index (κ1) is 72.8. The molecule has 496 valence electrons. The molecule has 0 heterocycles. The van der Waals surface area contributed by atoms with Gasteiger partial charge in [0.2, 0.25) is 23.6 Å². The lowest BCUT2D eigenvalue weighted by Crippen LogP contribution is -2.45. The Morgan fingerprint density at radius 3 is 0.989 bits per heavy atom. The highest BCUT2D eigenvalue weighted by Gasteiger charge is 2.29. The first-order valence-corrected chi connectivity index (χ1v) is 28.3. The predicted molar refractivity (Wildman–Crippen MR) is 340 cm³/mol. The van der Waals surface area contributed by atoms with Crippen molar-refractivity contribution in [2.45, 2.75) is 75.5 Å². The lowest BCUT2D eigenvalue weighted by atomic mass is 10.1. The van der Waals surface area contributed by atoms with E-state index in [9.17, 15) is 43.2 Å². The van der Waals surface area contributed by atoms with Crippen LogP contribution in [-0.2, 0) is 24.0 Å². The van der Waals surface area contributed by atoms with E-state index < -0.39 is 84.0 Å². The zero-order valence-electron chi connectivity index (χ0n) is 50.6. The molecule has 0 radical (unpaired) electrons. The topological polar surface area (TPSA) is 595 Å². The molecule has 0 aliphatic heterocycles. The van der Waals surface area contributed by atoms with Crippen molar-refractivity contribution in [2.24, 2.45) is 34.4 Å². The molecule has 0 aliphatic carbocycles. The van der Waals surface area contributed by atoms with Crippen molar-refractivity contribution in [2.75, 3.05) is 75.4 Å². The molecule has 0 saturated carbocycles. The maximum atomic E-state index is 14.4. The molecule has 4 unspecified atom stereocenters. The number of primary amides is 1. The normalized spacial score (nSPS) is 11.8. The van der Waals surface area contributed by atoms with Crippen molar-refractivity contribution in [1.82, 2.24) is 37.2 Å². The number of rotatable bonds is 37. The summed E-state index contributed by atoms with van der Waals surface area (Å²) in [7, 11) is 3.87. The maximum absolute atomic E-state index is 14.4. The summed E-state index contributed by atoms with van der Waals surface area (Å²) in [5, 5.41) is 68.2. The van der Waals surface area contributed by atoms with Gasteiger partial charge in [-0.05, 0) is 124 Å². The Balaban J connectivity index is 1.60. The van der Waals surface area contributed by atoms with Gasteiger partial charge in [-0.15, -0.1) is 0 Å². The van der Waals surface area contributed by atoms with Crippen molar-refractivity contribution in [3.05, 3.63) is 95.1 Å². The molecule has 8 amide bonds. The van der Waals surface area contributed by atoms with Crippen LogP contribution in [0.15, 0.2) is 72.8 Å². The van der Waals surface area contributed by atoms with Crippen molar-refractivity contribution in [1.29, 1.82) is 21.6 Å². The third-order valence-electron chi connectivity index (χ3n) is 13.2. The number of nitrogens with two attached hydrogens (primary N) is 6. The Hall–Kier alpha value is -11.7. The molecule has 35 heteroatoms. The van der Waals surface area contributed by atoms with Crippen molar-refractivity contribution >= 4 is 99.8 Å². The van der Waals surface area contributed by atoms with Crippen LogP contribution in [0.5, 0.6) is 23.0 Å². The number of hydrogen-bond donors (Lipinski definition) is 22. The van der Waals surface area contributed by atoms with Gasteiger partial charge >= 0.3 is 5.97 Å². The first-order valence-electron chi connectivity index (χ1n) is 28.3. The molecule has 4 aromatic carbocycles. The summed E-state index contributed by atoms with van der Waals surface area (Å²) in [6.07, 6.45) is 1.09. The number of carboxylic acids is 1. The highest BCUT2D eigenvalue weighted by atomic mass is 16.5. The Labute approximate surface area is 527 Å². The molecule has 0 aromatic heterocycles. The summed E-state index contributed by atoms with van der Waals surface area (Å²) in [4.78, 5) is 121. The molecule has 28 N–H and O–H groups in total. The van der Waals surface area contributed by atoms with E-state index in [-0.39, 0.29) is 156 Å². The Bertz CT molecular complexity index is 3370. The SMILES string of the molecule is COc1ccc(NC(=O)C(N)CCCNC(=N)N)cc1C(=O)NC(CCCNC(=N)N)C(=O)Nc1ccc(OC)c(C(=O)NC(CCCNC(=N)N)C(=O)Nc2ccc(OC)c(C(=O)NC(CCCNC(=N)N)C(=O)Nc3ccc(OCC(=O)O)c(C(N)=O)c3)c2)c1. The molecule has 0 aliphatic rings. The fraction of sp³-hybridized carbons (Fsp3) is 0.351. The van der Waals surface area contributed by atoms with Crippen LogP contribution < -0.4 is 112 Å². The average molecular weight is 1280 g/mol. The van der Waals surface area contributed by atoms with Gasteiger partial charge < -0.3 is 117 Å². The fourth-order valence-electron chi connectivity index (χ4n) is 8.66. The Kier molecular flexibility index (Phi) is 29.0. The summed E-state index contributed by atoms with van der Waals surface area (Å²) in [6.45, 7) is -0.127. The van der Waals surface area contributed by atoms with Crippen molar-refractivity contribution < 1.29 is 67.2 Å². The number of carbonyl (C=O) groups excluding carboxylic acids is 8. The van der Waals surface area contributed by atoms with Crippen LogP contribution in [0.25, 0.3) is 0 Å². The summed E-state index contributed by atoms with van der Waals surface area (Å²) in [5.41, 5.74) is 32.9. The van der Waals surface area contributed by atoms with Crippen LogP contribution >= 0.6 is 0 Å².